The average molecular weight is 414 g/mol. The van der Waals surface area contributed by atoms with E-state index >= 15 is 0 Å². The van der Waals surface area contributed by atoms with Gasteiger partial charge < -0.3 is 14.4 Å². The predicted octanol–water partition coefficient (Wildman–Crippen LogP) is 4.42. The van der Waals surface area contributed by atoms with Crippen LogP contribution in [0.3, 0.4) is 0 Å². The van der Waals surface area contributed by atoms with E-state index in [1.165, 1.54) is 0 Å². The Morgan fingerprint density at radius 1 is 1.17 bits per heavy atom. The van der Waals surface area contributed by atoms with E-state index in [-0.39, 0.29) is 5.91 Å². The minimum absolute atomic E-state index is 0.0935. The molecule has 3 aromatic rings. The number of aryl methyl sites for hydroxylation is 1. The second kappa shape index (κ2) is 9.47. The summed E-state index contributed by atoms with van der Waals surface area (Å²) in [7, 11) is 3.36. The van der Waals surface area contributed by atoms with Gasteiger partial charge in [-0.2, -0.15) is 5.10 Å². The molecule has 0 unspecified atom stereocenters. The van der Waals surface area contributed by atoms with Gasteiger partial charge in [0.25, 0.3) is 5.91 Å². The van der Waals surface area contributed by atoms with Crippen LogP contribution in [0.1, 0.15) is 28.5 Å². The molecule has 0 saturated carbocycles. The SMILES string of the molecule is CCn1ncc(Cl)c1CN(C)C(=O)c1cccc(COc2ccccc2OC)c1. The van der Waals surface area contributed by atoms with Crippen LogP contribution in [-0.4, -0.2) is 34.7 Å². The summed E-state index contributed by atoms with van der Waals surface area (Å²) < 4.78 is 13.0. The number of methoxy groups -OCH3 is 1. The minimum atomic E-state index is -0.0935. The highest BCUT2D eigenvalue weighted by Crippen LogP contribution is 2.26. The van der Waals surface area contributed by atoms with E-state index in [2.05, 4.69) is 5.10 Å². The predicted molar refractivity (Wildman–Crippen MR) is 112 cm³/mol. The van der Waals surface area contributed by atoms with Gasteiger partial charge in [-0.15, -0.1) is 0 Å². The number of hydrogen-bond acceptors (Lipinski definition) is 4. The molecular formula is C22H24ClN3O3. The van der Waals surface area contributed by atoms with Gasteiger partial charge in [0.1, 0.15) is 6.61 Å². The van der Waals surface area contributed by atoms with Gasteiger partial charge in [-0.05, 0) is 36.8 Å². The first-order valence-corrected chi connectivity index (χ1v) is 9.71. The molecule has 0 aliphatic rings. The molecule has 3 rings (SSSR count). The lowest BCUT2D eigenvalue weighted by Gasteiger charge is -2.19. The fraction of sp³-hybridized carbons (Fsp3) is 0.273. The topological polar surface area (TPSA) is 56.6 Å². The van der Waals surface area contributed by atoms with Crippen molar-refractivity contribution in [3.63, 3.8) is 0 Å². The van der Waals surface area contributed by atoms with Crippen molar-refractivity contribution >= 4 is 17.5 Å². The molecule has 0 aliphatic heterocycles. The van der Waals surface area contributed by atoms with Gasteiger partial charge in [0.15, 0.2) is 11.5 Å². The number of carbonyl (C=O) groups is 1. The minimum Gasteiger partial charge on any atom is -0.493 e. The Morgan fingerprint density at radius 2 is 1.93 bits per heavy atom. The number of halogens is 1. The molecule has 1 heterocycles. The highest BCUT2D eigenvalue weighted by molar-refractivity contribution is 6.31. The van der Waals surface area contributed by atoms with Crippen LogP contribution in [-0.2, 0) is 19.7 Å². The monoisotopic (exact) mass is 413 g/mol. The maximum atomic E-state index is 12.9. The molecule has 0 N–H and O–H groups in total. The number of carbonyl (C=O) groups excluding carboxylic acids is 1. The summed E-state index contributed by atoms with van der Waals surface area (Å²) in [5.74, 6) is 1.24. The second-order valence-corrected chi connectivity index (χ2v) is 6.96. The summed E-state index contributed by atoms with van der Waals surface area (Å²) in [5, 5.41) is 4.78. The van der Waals surface area contributed by atoms with Crippen molar-refractivity contribution < 1.29 is 14.3 Å². The number of hydrogen-bond donors (Lipinski definition) is 0. The fourth-order valence-electron chi connectivity index (χ4n) is 3.03. The molecule has 2 aromatic carbocycles. The first kappa shape index (κ1) is 20.7. The van der Waals surface area contributed by atoms with E-state index in [0.717, 1.165) is 11.3 Å². The first-order chi connectivity index (χ1) is 14.0. The summed E-state index contributed by atoms with van der Waals surface area (Å²) in [6.07, 6.45) is 1.61. The summed E-state index contributed by atoms with van der Waals surface area (Å²) in [6.45, 7) is 3.40. The number of ether oxygens (including phenoxy) is 2. The molecular weight excluding hydrogens is 390 g/mol. The van der Waals surface area contributed by atoms with Crippen LogP contribution in [0.2, 0.25) is 5.02 Å². The van der Waals surface area contributed by atoms with Crippen LogP contribution in [0.4, 0.5) is 0 Å². The summed E-state index contributed by atoms with van der Waals surface area (Å²) in [4.78, 5) is 14.5. The standard InChI is InChI=1S/C22H24ClN3O3/c1-4-26-19(18(23)13-24-26)14-25(2)22(27)17-9-7-8-16(12-17)15-29-21-11-6-5-10-20(21)28-3/h5-13H,4,14-15H2,1-3H3. The number of aromatic nitrogens is 2. The molecule has 0 fully saturated rings. The van der Waals surface area contributed by atoms with Gasteiger partial charge >= 0.3 is 0 Å². The molecule has 29 heavy (non-hydrogen) atoms. The molecule has 7 heteroatoms. The Hall–Kier alpha value is -2.99. The van der Waals surface area contributed by atoms with Crippen molar-refractivity contribution in [3.8, 4) is 11.5 Å². The van der Waals surface area contributed by atoms with E-state index in [9.17, 15) is 4.79 Å². The van der Waals surface area contributed by atoms with E-state index < -0.39 is 0 Å². The van der Waals surface area contributed by atoms with Crippen LogP contribution < -0.4 is 9.47 Å². The summed E-state index contributed by atoms with van der Waals surface area (Å²) in [5.41, 5.74) is 2.31. The van der Waals surface area contributed by atoms with Crippen LogP contribution in [0, 0.1) is 0 Å². The Bertz CT molecular complexity index is 987. The third-order valence-corrected chi connectivity index (χ3v) is 4.88. The number of nitrogens with zero attached hydrogens (tertiary/aromatic N) is 3. The molecule has 152 valence electrons. The maximum absolute atomic E-state index is 12.9. The van der Waals surface area contributed by atoms with Gasteiger partial charge in [-0.3, -0.25) is 9.48 Å². The molecule has 0 saturated heterocycles. The van der Waals surface area contributed by atoms with E-state index in [4.69, 9.17) is 21.1 Å². The lowest BCUT2D eigenvalue weighted by Crippen LogP contribution is -2.27. The first-order valence-electron chi connectivity index (χ1n) is 9.33. The molecule has 6 nitrogen and oxygen atoms in total. The molecule has 0 atom stereocenters. The van der Waals surface area contributed by atoms with Crippen molar-refractivity contribution in [2.75, 3.05) is 14.2 Å². The largest absolute Gasteiger partial charge is 0.493 e. The Kier molecular flexibility index (Phi) is 6.77. The Balaban J connectivity index is 1.69. The third kappa shape index (κ3) is 4.90. The average Bonchev–Trinajstić information content (AvgIpc) is 3.11. The normalized spacial score (nSPS) is 10.6. The number of para-hydroxylation sites is 2. The molecule has 1 aromatic heterocycles. The van der Waals surface area contributed by atoms with E-state index in [0.29, 0.717) is 41.8 Å². The molecule has 0 radical (unpaired) electrons. The number of benzene rings is 2. The lowest BCUT2D eigenvalue weighted by molar-refractivity contribution is 0.0781. The van der Waals surface area contributed by atoms with Crippen molar-refractivity contribution in [1.82, 2.24) is 14.7 Å². The Labute approximate surface area is 175 Å². The molecule has 0 bridgehead atoms. The molecule has 0 aliphatic carbocycles. The van der Waals surface area contributed by atoms with Gasteiger partial charge in [-0.25, -0.2) is 0 Å². The highest BCUT2D eigenvalue weighted by atomic mass is 35.5. The summed E-state index contributed by atoms with van der Waals surface area (Å²) in [6, 6.07) is 14.9. The van der Waals surface area contributed by atoms with Crippen molar-refractivity contribution in [2.45, 2.75) is 26.6 Å². The summed E-state index contributed by atoms with van der Waals surface area (Å²) >= 11 is 6.22. The number of amides is 1. The van der Waals surface area contributed by atoms with Crippen LogP contribution in [0.15, 0.2) is 54.7 Å². The highest BCUT2D eigenvalue weighted by Gasteiger charge is 2.17. The fourth-order valence-corrected chi connectivity index (χ4v) is 3.23. The van der Waals surface area contributed by atoms with Gasteiger partial charge in [0.05, 0.1) is 30.6 Å². The third-order valence-electron chi connectivity index (χ3n) is 4.57. The van der Waals surface area contributed by atoms with Crippen molar-refractivity contribution in [2.24, 2.45) is 0 Å². The molecule has 0 spiro atoms. The van der Waals surface area contributed by atoms with Crippen LogP contribution in [0.25, 0.3) is 0 Å². The zero-order valence-corrected chi connectivity index (χ0v) is 17.5. The number of rotatable bonds is 8. The second-order valence-electron chi connectivity index (χ2n) is 6.56. The smallest absolute Gasteiger partial charge is 0.253 e. The van der Waals surface area contributed by atoms with E-state index in [1.807, 2.05) is 49.4 Å². The quantitative estimate of drug-likeness (QED) is 0.548. The van der Waals surface area contributed by atoms with Crippen molar-refractivity contribution in [1.29, 1.82) is 0 Å². The Morgan fingerprint density at radius 3 is 2.66 bits per heavy atom. The maximum Gasteiger partial charge on any atom is 0.253 e. The van der Waals surface area contributed by atoms with Crippen LogP contribution in [0.5, 0.6) is 11.5 Å². The van der Waals surface area contributed by atoms with Crippen molar-refractivity contribution in [3.05, 3.63) is 76.6 Å². The zero-order valence-electron chi connectivity index (χ0n) is 16.8. The lowest BCUT2D eigenvalue weighted by atomic mass is 10.1. The zero-order chi connectivity index (χ0) is 20.8. The van der Waals surface area contributed by atoms with Crippen LogP contribution >= 0.6 is 11.6 Å². The van der Waals surface area contributed by atoms with Gasteiger partial charge in [-0.1, -0.05) is 35.9 Å². The molecule has 1 amide bonds. The van der Waals surface area contributed by atoms with Gasteiger partial charge in [0.2, 0.25) is 0 Å². The van der Waals surface area contributed by atoms with Gasteiger partial charge in [0, 0.05) is 19.2 Å². The van der Waals surface area contributed by atoms with E-state index in [1.54, 1.807) is 36.0 Å².